The SMILES string of the molecule is Ic1cc(-c2ccc(OCc3ccccc3)cc2)c(C#Cc2cc(OCc3ccc(-c4ccccn4)nc3)cc(OCc3ccc(-c4ccccn4)nc3)c2)c(-c2ccc(OCc3ccccc3)cc2)c1. The summed E-state index contributed by atoms with van der Waals surface area (Å²) in [4.78, 5) is 18.2. The third-order valence-corrected chi connectivity index (χ3v) is 12.1. The molecule has 0 bridgehead atoms. The number of aromatic nitrogens is 4. The molecule has 9 heteroatoms. The molecule has 0 saturated carbocycles. The van der Waals surface area contributed by atoms with Crippen molar-refractivity contribution in [3.63, 3.8) is 0 Å². The number of ether oxygens (including phenoxy) is 4. The van der Waals surface area contributed by atoms with Gasteiger partial charge >= 0.3 is 0 Å². The van der Waals surface area contributed by atoms with Gasteiger partial charge in [0.05, 0.1) is 22.8 Å². The van der Waals surface area contributed by atoms with Gasteiger partial charge in [0.15, 0.2) is 0 Å². The molecule has 0 fully saturated rings. The van der Waals surface area contributed by atoms with E-state index >= 15 is 0 Å². The van der Waals surface area contributed by atoms with E-state index in [0.29, 0.717) is 24.7 Å². The first-order chi connectivity index (χ1) is 35.0. The second-order valence-electron chi connectivity index (χ2n) is 16.5. The molecule has 71 heavy (non-hydrogen) atoms. The van der Waals surface area contributed by atoms with E-state index in [1.165, 1.54) is 0 Å². The summed E-state index contributed by atoms with van der Waals surface area (Å²) in [7, 11) is 0. The van der Waals surface area contributed by atoms with Crippen LogP contribution < -0.4 is 18.9 Å². The quantitative estimate of drug-likeness (QED) is 0.0699. The van der Waals surface area contributed by atoms with E-state index in [1.807, 2.05) is 152 Å². The average molecular weight is 1040 g/mol. The van der Waals surface area contributed by atoms with E-state index in [4.69, 9.17) is 18.9 Å². The van der Waals surface area contributed by atoms with E-state index in [9.17, 15) is 0 Å². The molecule has 0 unspecified atom stereocenters. The van der Waals surface area contributed by atoms with Crippen molar-refractivity contribution in [1.82, 2.24) is 19.9 Å². The summed E-state index contributed by atoms with van der Waals surface area (Å²) < 4.78 is 26.4. The van der Waals surface area contributed by atoms with Crippen molar-refractivity contribution in [1.29, 1.82) is 0 Å². The maximum absolute atomic E-state index is 6.46. The van der Waals surface area contributed by atoms with Crippen LogP contribution in [-0.2, 0) is 26.4 Å². The van der Waals surface area contributed by atoms with Gasteiger partial charge in [-0.2, -0.15) is 0 Å². The highest BCUT2D eigenvalue weighted by molar-refractivity contribution is 14.1. The Bertz CT molecular complexity index is 3180. The molecule has 10 rings (SSSR count). The topological polar surface area (TPSA) is 88.5 Å². The largest absolute Gasteiger partial charge is 0.489 e. The summed E-state index contributed by atoms with van der Waals surface area (Å²) >= 11 is 2.39. The van der Waals surface area contributed by atoms with Crippen molar-refractivity contribution in [2.45, 2.75) is 26.4 Å². The Kier molecular flexibility index (Phi) is 14.7. The normalized spacial score (nSPS) is 10.7. The zero-order valence-electron chi connectivity index (χ0n) is 38.5. The molecule has 0 atom stereocenters. The third kappa shape index (κ3) is 12.4. The summed E-state index contributed by atoms with van der Waals surface area (Å²) in [5.41, 5.74) is 12.8. The molecule has 0 aliphatic carbocycles. The third-order valence-electron chi connectivity index (χ3n) is 11.5. The van der Waals surface area contributed by atoms with Crippen LogP contribution in [0.2, 0.25) is 0 Å². The standard InChI is InChI=1S/C62H45IN4O4/c63-51-35-57(49-20-24-52(25-21-49)68-40-44-11-3-1-4-12-44)56(58(36-51)50-22-26-53(27-23-50)69-41-45-13-5-2-6-14-45)28-17-46-33-54(70-42-47-18-29-61(66-38-47)59-15-7-9-31-64-59)37-55(34-46)71-43-48-19-30-62(67-39-48)60-16-8-10-32-65-60/h1-16,18-27,29-39H,40-43H2. The lowest BCUT2D eigenvalue weighted by atomic mass is 9.91. The highest BCUT2D eigenvalue weighted by Gasteiger charge is 2.15. The second kappa shape index (κ2) is 22.7. The van der Waals surface area contributed by atoms with Crippen molar-refractivity contribution in [3.8, 4) is 79.9 Å². The van der Waals surface area contributed by atoms with Crippen molar-refractivity contribution >= 4 is 22.6 Å². The molecular weight excluding hydrogens is 992 g/mol. The molecule has 344 valence electrons. The minimum atomic E-state index is 0.284. The number of pyridine rings is 4. The maximum atomic E-state index is 6.46. The van der Waals surface area contributed by atoms with Gasteiger partial charge in [-0.3, -0.25) is 19.9 Å². The molecule has 0 spiro atoms. The molecule has 0 aliphatic rings. The fourth-order valence-corrected chi connectivity index (χ4v) is 8.39. The van der Waals surface area contributed by atoms with Crippen LogP contribution in [-0.4, -0.2) is 19.9 Å². The second-order valence-corrected chi connectivity index (χ2v) is 17.8. The first kappa shape index (κ1) is 46.2. The predicted octanol–water partition coefficient (Wildman–Crippen LogP) is 14.3. The molecule has 0 N–H and O–H groups in total. The van der Waals surface area contributed by atoms with E-state index < -0.39 is 0 Å². The number of benzene rings is 6. The lowest BCUT2D eigenvalue weighted by Crippen LogP contribution is -2.00. The fraction of sp³-hybridized carbons (Fsp3) is 0.0645. The van der Waals surface area contributed by atoms with Gasteiger partial charge in [-0.05, 0) is 141 Å². The number of hydrogen-bond acceptors (Lipinski definition) is 8. The first-order valence-corrected chi connectivity index (χ1v) is 24.2. The highest BCUT2D eigenvalue weighted by Crippen LogP contribution is 2.36. The van der Waals surface area contributed by atoms with Gasteiger partial charge < -0.3 is 18.9 Å². The van der Waals surface area contributed by atoms with E-state index in [2.05, 4.69) is 115 Å². The maximum Gasteiger partial charge on any atom is 0.124 e. The van der Waals surface area contributed by atoms with Gasteiger partial charge in [0.1, 0.15) is 49.4 Å². The summed E-state index contributed by atoms with van der Waals surface area (Å²) in [6.07, 6.45) is 7.16. The minimum Gasteiger partial charge on any atom is -0.489 e. The van der Waals surface area contributed by atoms with E-state index in [0.717, 1.165) is 93.5 Å². The molecule has 0 amide bonds. The molecule has 0 saturated heterocycles. The van der Waals surface area contributed by atoms with Crippen molar-refractivity contribution in [2.24, 2.45) is 0 Å². The molecule has 6 aromatic carbocycles. The number of nitrogens with zero attached hydrogens (tertiary/aromatic N) is 4. The van der Waals surface area contributed by atoms with Crippen molar-refractivity contribution < 1.29 is 18.9 Å². The Morgan fingerprint density at radius 3 is 1.20 bits per heavy atom. The first-order valence-electron chi connectivity index (χ1n) is 23.1. The molecule has 0 radical (unpaired) electrons. The van der Waals surface area contributed by atoms with Gasteiger partial charge in [-0.1, -0.05) is 121 Å². The summed E-state index contributed by atoms with van der Waals surface area (Å²) in [6, 6.07) is 66.4. The fourth-order valence-electron chi connectivity index (χ4n) is 7.77. The minimum absolute atomic E-state index is 0.284. The Hall–Kier alpha value is -8.59. The van der Waals surface area contributed by atoms with Crippen LogP contribution in [0.1, 0.15) is 33.4 Å². The number of halogens is 1. The summed E-state index contributed by atoms with van der Waals surface area (Å²) in [5, 5.41) is 0. The zero-order chi connectivity index (χ0) is 48.0. The Morgan fingerprint density at radius 1 is 0.352 bits per heavy atom. The van der Waals surface area contributed by atoms with E-state index in [1.54, 1.807) is 12.4 Å². The van der Waals surface area contributed by atoms with Gasteiger partial charge in [-0.25, -0.2) is 0 Å². The lowest BCUT2D eigenvalue weighted by molar-refractivity contribution is 0.289. The van der Waals surface area contributed by atoms with Crippen LogP contribution in [0.4, 0.5) is 0 Å². The van der Waals surface area contributed by atoms with E-state index in [-0.39, 0.29) is 13.2 Å². The van der Waals surface area contributed by atoms with Crippen LogP contribution >= 0.6 is 22.6 Å². The Balaban J connectivity index is 0.978. The number of rotatable bonds is 16. The lowest BCUT2D eigenvalue weighted by Gasteiger charge is -2.15. The van der Waals surface area contributed by atoms with Crippen LogP contribution in [0.15, 0.2) is 225 Å². The van der Waals surface area contributed by atoms with Gasteiger partial charge in [0, 0.05) is 56.7 Å². The molecule has 8 nitrogen and oxygen atoms in total. The molecule has 4 heterocycles. The number of hydrogen-bond donors (Lipinski definition) is 0. The Morgan fingerprint density at radius 2 is 0.775 bits per heavy atom. The molecule has 4 aromatic heterocycles. The Labute approximate surface area is 427 Å². The smallest absolute Gasteiger partial charge is 0.124 e. The molecule has 0 aliphatic heterocycles. The van der Waals surface area contributed by atoms with Crippen LogP contribution in [0.5, 0.6) is 23.0 Å². The average Bonchev–Trinajstić information content (AvgIpc) is 3.44. The van der Waals surface area contributed by atoms with Gasteiger partial charge in [0.2, 0.25) is 0 Å². The van der Waals surface area contributed by atoms with Crippen LogP contribution in [0, 0.1) is 15.4 Å². The monoisotopic (exact) mass is 1040 g/mol. The zero-order valence-corrected chi connectivity index (χ0v) is 40.6. The van der Waals surface area contributed by atoms with Crippen LogP contribution in [0.25, 0.3) is 45.0 Å². The van der Waals surface area contributed by atoms with Gasteiger partial charge in [0.25, 0.3) is 0 Å². The van der Waals surface area contributed by atoms with Gasteiger partial charge in [-0.15, -0.1) is 0 Å². The van der Waals surface area contributed by atoms with Crippen molar-refractivity contribution in [2.75, 3.05) is 0 Å². The summed E-state index contributed by atoms with van der Waals surface area (Å²) in [6.45, 7) is 1.53. The van der Waals surface area contributed by atoms with Crippen molar-refractivity contribution in [3.05, 3.63) is 262 Å². The highest BCUT2D eigenvalue weighted by atomic mass is 127. The summed E-state index contributed by atoms with van der Waals surface area (Å²) in [5.74, 6) is 9.93. The van der Waals surface area contributed by atoms with Crippen LogP contribution in [0.3, 0.4) is 0 Å². The molecule has 10 aromatic rings. The predicted molar refractivity (Wildman–Crippen MR) is 288 cm³/mol. The molecular formula is C62H45IN4O4.